The van der Waals surface area contributed by atoms with Crippen molar-refractivity contribution < 1.29 is 19.8 Å². The van der Waals surface area contributed by atoms with Gasteiger partial charge in [-0.2, -0.15) is 0 Å². The van der Waals surface area contributed by atoms with E-state index in [4.69, 9.17) is 0 Å². The van der Waals surface area contributed by atoms with Gasteiger partial charge in [-0.3, -0.25) is 9.59 Å². The number of aliphatic hydroxyl groups excluding tert-OH is 2. The van der Waals surface area contributed by atoms with E-state index in [-0.39, 0.29) is 0 Å². The molecular formula is C20H20N2O4. The van der Waals surface area contributed by atoms with Gasteiger partial charge in [0, 0.05) is 12.4 Å². The molecule has 2 rings (SSSR count). The minimum atomic E-state index is -1.89. The van der Waals surface area contributed by atoms with Crippen molar-refractivity contribution in [2.45, 2.75) is 12.2 Å². The predicted octanol–water partition coefficient (Wildman–Crippen LogP) is 1.28. The van der Waals surface area contributed by atoms with Gasteiger partial charge in [-0.15, -0.1) is 0 Å². The number of amides is 2. The average molecular weight is 352 g/mol. The molecule has 0 fully saturated rings. The highest BCUT2D eigenvalue weighted by atomic mass is 16.3. The minimum Gasteiger partial charge on any atom is -0.380 e. The first-order valence-corrected chi connectivity index (χ1v) is 7.98. The zero-order valence-electron chi connectivity index (χ0n) is 13.9. The fourth-order valence-corrected chi connectivity index (χ4v) is 2.03. The van der Waals surface area contributed by atoms with Crippen LogP contribution in [0.2, 0.25) is 0 Å². The highest BCUT2D eigenvalue weighted by Gasteiger charge is 2.29. The second-order valence-corrected chi connectivity index (χ2v) is 5.39. The molecular weight excluding hydrogens is 332 g/mol. The van der Waals surface area contributed by atoms with Crippen LogP contribution < -0.4 is 10.6 Å². The van der Waals surface area contributed by atoms with Crippen LogP contribution in [0, 0.1) is 0 Å². The number of benzene rings is 2. The molecule has 6 heteroatoms. The van der Waals surface area contributed by atoms with E-state index in [1.54, 1.807) is 12.2 Å². The van der Waals surface area contributed by atoms with Gasteiger partial charge in [0.1, 0.15) is 0 Å². The maximum atomic E-state index is 11.8. The Morgan fingerprint density at radius 3 is 1.38 bits per heavy atom. The fraction of sp³-hybridized carbons (Fsp3) is 0.100. The lowest BCUT2D eigenvalue weighted by atomic mass is 10.1. The van der Waals surface area contributed by atoms with E-state index < -0.39 is 24.0 Å². The summed E-state index contributed by atoms with van der Waals surface area (Å²) in [5.41, 5.74) is 1.71. The molecule has 4 N–H and O–H groups in total. The molecule has 0 bridgehead atoms. The van der Waals surface area contributed by atoms with Gasteiger partial charge in [0.15, 0.2) is 12.2 Å². The molecule has 2 amide bonds. The summed E-state index contributed by atoms with van der Waals surface area (Å²) < 4.78 is 0. The Morgan fingerprint density at radius 1 is 0.692 bits per heavy atom. The molecule has 0 heterocycles. The fourth-order valence-electron chi connectivity index (χ4n) is 2.03. The Kier molecular flexibility index (Phi) is 7.30. The molecule has 0 aromatic heterocycles. The third-order valence-electron chi connectivity index (χ3n) is 3.44. The van der Waals surface area contributed by atoms with Crippen molar-refractivity contribution >= 4 is 24.0 Å². The van der Waals surface area contributed by atoms with Gasteiger partial charge in [0.05, 0.1) is 0 Å². The third-order valence-corrected chi connectivity index (χ3v) is 3.44. The van der Waals surface area contributed by atoms with E-state index in [1.165, 1.54) is 12.4 Å². The van der Waals surface area contributed by atoms with Crippen molar-refractivity contribution in [2.75, 3.05) is 0 Å². The highest BCUT2D eigenvalue weighted by Crippen LogP contribution is 2.02. The van der Waals surface area contributed by atoms with E-state index in [2.05, 4.69) is 10.6 Å². The number of carbonyl (C=O) groups excluding carboxylic acids is 2. The summed E-state index contributed by atoms with van der Waals surface area (Å²) >= 11 is 0. The van der Waals surface area contributed by atoms with Crippen LogP contribution in [0.4, 0.5) is 0 Å². The third kappa shape index (κ3) is 6.01. The molecule has 0 aliphatic heterocycles. The van der Waals surface area contributed by atoms with Crippen LogP contribution in [-0.2, 0) is 9.59 Å². The summed E-state index contributed by atoms with van der Waals surface area (Å²) in [6.45, 7) is 0. The van der Waals surface area contributed by atoms with Gasteiger partial charge in [-0.25, -0.2) is 0 Å². The van der Waals surface area contributed by atoms with E-state index in [0.717, 1.165) is 11.1 Å². The van der Waals surface area contributed by atoms with Crippen molar-refractivity contribution in [3.8, 4) is 0 Å². The van der Waals surface area contributed by atoms with Crippen molar-refractivity contribution in [2.24, 2.45) is 0 Å². The lowest BCUT2D eigenvalue weighted by molar-refractivity contribution is -0.144. The Morgan fingerprint density at radius 2 is 1.04 bits per heavy atom. The second-order valence-electron chi connectivity index (χ2n) is 5.39. The first-order chi connectivity index (χ1) is 12.6. The maximum Gasteiger partial charge on any atom is 0.256 e. The Labute approximate surface area is 151 Å². The Bertz CT molecular complexity index is 705. The van der Waals surface area contributed by atoms with E-state index in [0.29, 0.717) is 0 Å². The summed E-state index contributed by atoms with van der Waals surface area (Å²) in [4.78, 5) is 23.6. The lowest BCUT2D eigenvalue weighted by Crippen LogP contribution is -2.47. The molecule has 0 radical (unpaired) electrons. The SMILES string of the molecule is O=C(NC=Cc1ccccc1)C(O)C(O)C(=O)NC=Cc1ccccc1. The van der Waals surface area contributed by atoms with E-state index in [9.17, 15) is 19.8 Å². The van der Waals surface area contributed by atoms with Crippen molar-refractivity contribution in [1.29, 1.82) is 0 Å². The molecule has 2 unspecified atom stereocenters. The van der Waals surface area contributed by atoms with Gasteiger partial charge in [0.25, 0.3) is 11.8 Å². The summed E-state index contributed by atoms with van der Waals surface area (Å²) in [6.07, 6.45) is 2.14. The molecule has 0 spiro atoms. The van der Waals surface area contributed by atoms with Crippen LogP contribution in [0.15, 0.2) is 73.1 Å². The molecule has 0 saturated heterocycles. The summed E-state index contributed by atoms with van der Waals surface area (Å²) in [7, 11) is 0. The largest absolute Gasteiger partial charge is 0.380 e. The van der Waals surface area contributed by atoms with Gasteiger partial charge < -0.3 is 20.8 Å². The first kappa shape index (κ1) is 19.1. The number of aliphatic hydroxyl groups is 2. The zero-order chi connectivity index (χ0) is 18.8. The van der Waals surface area contributed by atoms with E-state index in [1.807, 2.05) is 60.7 Å². The number of hydrogen-bond acceptors (Lipinski definition) is 4. The minimum absolute atomic E-state index is 0.853. The Balaban J connectivity index is 1.82. The summed E-state index contributed by atoms with van der Waals surface area (Å²) in [6, 6.07) is 18.4. The van der Waals surface area contributed by atoms with Gasteiger partial charge in [-0.1, -0.05) is 60.7 Å². The van der Waals surface area contributed by atoms with Gasteiger partial charge in [-0.05, 0) is 23.3 Å². The molecule has 2 atom stereocenters. The molecule has 0 saturated carbocycles. The molecule has 2 aromatic carbocycles. The standard InChI is InChI=1S/C20H20N2O4/c23-17(19(25)21-13-11-15-7-3-1-4-8-15)18(24)20(26)22-14-12-16-9-5-2-6-10-16/h1-14,17-18,23-24H,(H,21,25)(H,22,26). The van der Waals surface area contributed by atoms with Crippen LogP contribution in [0.25, 0.3) is 12.2 Å². The second kappa shape index (κ2) is 9.93. The van der Waals surface area contributed by atoms with Gasteiger partial charge in [0.2, 0.25) is 0 Å². The van der Waals surface area contributed by atoms with Crippen molar-refractivity contribution in [3.05, 3.63) is 84.2 Å². The first-order valence-electron chi connectivity index (χ1n) is 7.98. The van der Waals surface area contributed by atoms with Gasteiger partial charge >= 0.3 is 0 Å². The van der Waals surface area contributed by atoms with Crippen LogP contribution >= 0.6 is 0 Å². The van der Waals surface area contributed by atoms with Crippen molar-refractivity contribution in [3.63, 3.8) is 0 Å². The molecule has 0 aliphatic carbocycles. The lowest BCUT2D eigenvalue weighted by Gasteiger charge is -2.15. The maximum absolute atomic E-state index is 11.8. The zero-order valence-corrected chi connectivity index (χ0v) is 13.9. The summed E-state index contributed by atoms with van der Waals surface area (Å²) in [5.74, 6) is -1.77. The number of hydrogen-bond donors (Lipinski definition) is 4. The molecule has 0 aliphatic rings. The topological polar surface area (TPSA) is 98.7 Å². The average Bonchev–Trinajstić information content (AvgIpc) is 2.68. The van der Waals surface area contributed by atoms with Crippen LogP contribution in [0.3, 0.4) is 0 Å². The molecule has 26 heavy (non-hydrogen) atoms. The predicted molar refractivity (Wildman–Crippen MR) is 99.3 cm³/mol. The van der Waals surface area contributed by atoms with Crippen LogP contribution in [0.5, 0.6) is 0 Å². The molecule has 6 nitrogen and oxygen atoms in total. The molecule has 2 aromatic rings. The quantitative estimate of drug-likeness (QED) is 0.603. The summed E-state index contributed by atoms with van der Waals surface area (Å²) in [5, 5.41) is 24.2. The van der Waals surface area contributed by atoms with Crippen molar-refractivity contribution in [1.82, 2.24) is 10.6 Å². The highest BCUT2D eigenvalue weighted by molar-refractivity contribution is 5.91. The number of carbonyl (C=O) groups is 2. The van der Waals surface area contributed by atoms with Crippen LogP contribution in [-0.4, -0.2) is 34.2 Å². The monoisotopic (exact) mass is 352 g/mol. The molecule has 134 valence electrons. The number of nitrogens with one attached hydrogen (secondary N) is 2. The Hall–Kier alpha value is -3.22. The van der Waals surface area contributed by atoms with E-state index >= 15 is 0 Å². The smallest absolute Gasteiger partial charge is 0.256 e. The number of rotatable bonds is 7. The van der Waals surface area contributed by atoms with Crippen LogP contribution in [0.1, 0.15) is 11.1 Å². The normalized spacial score (nSPS) is 13.5.